The number of rotatable bonds is 6. The topological polar surface area (TPSA) is 122 Å². The number of hydrogen-bond acceptors (Lipinski definition) is 7. The van der Waals surface area contributed by atoms with Gasteiger partial charge in [0.15, 0.2) is 0 Å². The Bertz CT molecular complexity index is 648. The predicted octanol–water partition coefficient (Wildman–Crippen LogP) is 1.91. The molecule has 1 aromatic heterocycles. The van der Waals surface area contributed by atoms with Gasteiger partial charge in [0.05, 0.1) is 17.8 Å². The molecule has 0 aliphatic heterocycles. The average Bonchev–Trinajstić information content (AvgIpc) is 2.65. The minimum atomic E-state index is -0.561. The molecule has 1 heterocycles. The van der Waals surface area contributed by atoms with Crippen molar-refractivity contribution in [1.29, 1.82) is 0 Å². The Morgan fingerprint density at radius 3 is 2.52 bits per heavy atom. The van der Waals surface area contributed by atoms with Crippen LogP contribution in [-0.4, -0.2) is 52.4 Å². The highest BCUT2D eigenvalue weighted by atomic mass is 16.5. The first-order chi connectivity index (χ1) is 13.0. The van der Waals surface area contributed by atoms with Gasteiger partial charge in [-0.1, -0.05) is 6.92 Å². The Morgan fingerprint density at radius 2 is 1.89 bits per heavy atom. The van der Waals surface area contributed by atoms with Crippen molar-refractivity contribution in [2.45, 2.75) is 76.2 Å². The summed E-state index contributed by atoms with van der Waals surface area (Å²) in [5, 5.41) is 16.8. The van der Waals surface area contributed by atoms with E-state index in [0.717, 1.165) is 38.5 Å². The predicted molar refractivity (Wildman–Crippen MR) is 104 cm³/mol. The third-order valence-corrected chi connectivity index (χ3v) is 5.89. The molecule has 8 nitrogen and oxygen atoms in total. The van der Waals surface area contributed by atoms with Crippen molar-refractivity contribution in [1.82, 2.24) is 9.97 Å². The molecule has 27 heavy (non-hydrogen) atoms. The van der Waals surface area contributed by atoms with Crippen molar-refractivity contribution in [2.75, 3.05) is 17.7 Å². The number of primary amides is 1. The summed E-state index contributed by atoms with van der Waals surface area (Å²) in [7, 11) is 1.75. The van der Waals surface area contributed by atoms with E-state index in [4.69, 9.17) is 10.5 Å². The number of hydrogen-bond donors (Lipinski definition) is 4. The Morgan fingerprint density at radius 1 is 1.19 bits per heavy atom. The van der Waals surface area contributed by atoms with Gasteiger partial charge in [0.2, 0.25) is 5.95 Å². The molecule has 2 aliphatic rings. The molecule has 150 valence electrons. The first-order valence-corrected chi connectivity index (χ1v) is 9.87. The fraction of sp³-hybridized carbons (Fsp3) is 0.737. The van der Waals surface area contributed by atoms with E-state index in [0.29, 0.717) is 36.3 Å². The van der Waals surface area contributed by atoms with E-state index in [9.17, 15) is 9.90 Å². The first-order valence-electron chi connectivity index (χ1n) is 9.87. The van der Waals surface area contributed by atoms with E-state index >= 15 is 0 Å². The number of nitrogens with zero attached hydrogens (tertiary/aromatic N) is 2. The standard InChI is InChI=1S/C19H31N5O3/c1-11-3-4-13(9-16(11)25)22-18-15(17(20)26)10-21-19(24-18)23-12-5-7-14(27-2)8-6-12/h10-14,16,25H,3-9H2,1-2H3,(H2,20,26)(H2,21,22,23,24)/t11-,12?,13-,14?,16-/m0/s1. The molecular formula is C19H31N5O3. The van der Waals surface area contributed by atoms with Crippen LogP contribution in [0.3, 0.4) is 0 Å². The van der Waals surface area contributed by atoms with Gasteiger partial charge in [0, 0.05) is 25.4 Å². The SMILES string of the molecule is COC1CCC(Nc2ncc(C(N)=O)c(N[C@H]3CC[C@H](C)[C@@H](O)C3)n2)CC1. The van der Waals surface area contributed by atoms with Crippen LogP contribution >= 0.6 is 0 Å². The molecule has 2 saturated carbocycles. The highest BCUT2D eigenvalue weighted by molar-refractivity contribution is 5.97. The third-order valence-electron chi connectivity index (χ3n) is 5.89. The summed E-state index contributed by atoms with van der Waals surface area (Å²) < 4.78 is 5.41. The second kappa shape index (κ2) is 8.84. The number of nitrogens with two attached hydrogens (primary N) is 1. The fourth-order valence-corrected chi connectivity index (χ4v) is 3.99. The number of amides is 1. The van der Waals surface area contributed by atoms with Crippen molar-refractivity contribution < 1.29 is 14.6 Å². The highest BCUT2D eigenvalue weighted by Gasteiger charge is 2.27. The summed E-state index contributed by atoms with van der Waals surface area (Å²) in [6.07, 6.45) is 7.96. The van der Waals surface area contributed by atoms with Crippen LogP contribution in [0.5, 0.6) is 0 Å². The van der Waals surface area contributed by atoms with Crippen LogP contribution < -0.4 is 16.4 Å². The van der Waals surface area contributed by atoms with Crippen molar-refractivity contribution in [3.63, 3.8) is 0 Å². The second-order valence-corrected chi connectivity index (χ2v) is 7.87. The maximum atomic E-state index is 11.8. The molecule has 0 unspecified atom stereocenters. The van der Waals surface area contributed by atoms with Gasteiger partial charge in [-0.05, 0) is 50.9 Å². The van der Waals surface area contributed by atoms with Crippen LogP contribution in [0.2, 0.25) is 0 Å². The number of carbonyl (C=O) groups excluding carboxylic acids is 1. The molecule has 2 fully saturated rings. The number of methoxy groups -OCH3 is 1. The summed E-state index contributed by atoms with van der Waals surface area (Å²) in [6.45, 7) is 2.06. The van der Waals surface area contributed by atoms with E-state index < -0.39 is 5.91 Å². The van der Waals surface area contributed by atoms with Gasteiger partial charge in [-0.2, -0.15) is 4.98 Å². The number of anilines is 2. The molecule has 3 rings (SSSR count). The monoisotopic (exact) mass is 377 g/mol. The first kappa shape index (κ1) is 19.8. The highest BCUT2D eigenvalue weighted by Crippen LogP contribution is 2.28. The van der Waals surface area contributed by atoms with Crippen LogP contribution in [0, 0.1) is 5.92 Å². The summed E-state index contributed by atoms with van der Waals surface area (Å²) in [4.78, 5) is 20.6. The summed E-state index contributed by atoms with van der Waals surface area (Å²) >= 11 is 0. The van der Waals surface area contributed by atoms with Crippen LogP contribution in [-0.2, 0) is 4.74 Å². The van der Waals surface area contributed by atoms with Crippen molar-refractivity contribution in [3.05, 3.63) is 11.8 Å². The third kappa shape index (κ3) is 5.07. The lowest BCUT2D eigenvalue weighted by molar-refractivity contribution is 0.0681. The zero-order valence-electron chi connectivity index (χ0n) is 16.1. The van der Waals surface area contributed by atoms with Crippen LogP contribution in [0.4, 0.5) is 11.8 Å². The van der Waals surface area contributed by atoms with Gasteiger partial charge >= 0.3 is 0 Å². The number of carbonyl (C=O) groups is 1. The molecule has 1 amide bonds. The Labute approximate surface area is 160 Å². The van der Waals surface area contributed by atoms with Gasteiger partial charge in [-0.25, -0.2) is 4.98 Å². The largest absolute Gasteiger partial charge is 0.393 e. The molecule has 0 saturated heterocycles. The number of aromatic nitrogens is 2. The summed E-state index contributed by atoms with van der Waals surface area (Å²) in [5.74, 6) is 0.670. The molecule has 0 aromatic carbocycles. The van der Waals surface area contributed by atoms with Crippen LogP contribution in [0.1, 0.15) is 62.2 Å². The molecule has 3 atom stereocenters. The Balaban J connectivity index is 1.68. The number of ether oxygens (including phenoxy) is 1. The zero-order valence-corrected chi connectivity index (χ0v) is 16.1. The Kier molecular flexibility index (Phi) is 6.49. The average molecular weight is 377 g/mol. The molecule has 0 spiro atoms. The summed E-state index contributed by atoms with van der Waals surface area (Å²) in [6, 6.07) is 0.357. The molecule has 8 heteroatoms. The number of aliphatic hydroxyl groups excluding tert-OH is 1. The van der Waals surface area contributed by atoms with Gasteiger partial charge in [0.1, 0.15) is 5.82 Å². The van der Waals surface area contributed by atoms with Crippen LogP contribution in [0.15, 0.2) is 6.20 Å². The van der Waals surface area contributed by atoms with E-state index in [1.807, 2.05) is 0 Å². The second-order valence-electron chi connectivity index (χ2n) is 7.87. The maximum Gasteiger partial charge on any atom is 0.254 e. The minimum absolute atomic E-state index is 0.0641. The molecule has 1 aromatic rings. The van der Waals surface area contributed by atoms with Crippen LogP contribution in [0.25, 0.3) is 0 Å². The lowest BCUT2D eigenvalue weighted by Crippen LogP contribution is -2.36. The molecular weight excluding hydrogens is 346 g/mol. The Hall–Kier alpha value is -1.93. The maximum absolute atomic E-state index is 11.8. The lowest BCUT2D eigenvalue weighted by atomic mass is 9.85. The van der Waals surface area contributed by atoms with E-state index in [1.54, 1.807) is 7.11 Å². The quantitative estimate of drug-likeness (QED) is 0.597. The van der Waals surface area contributed by atoms with E-state index in [-0.39, 0.29) is 17.7 Å². The van der Waals surface area contributed by atoms with E-state index in [1.165, 1.54) is 6.20 Å². The summed E-state index contributed by atoms with van der Waals surface area (Å²) in [5.41, 5.74) is 5.77. The normalized spacial score (nSPS) is 31.3. The lowest BCUT2D eigenvalue weighted by Gasteiger charge is -2.32. The molecule has 0 radical (unpaired) electrons. The number of nitrogens with one attached hydrogen (secondary N) is 2. The van der Waals surface area contributed by atoms with Crippen molar-refractivity contribution >= 4 is 17.7 Å². The van der Waals surface area contributed by atoms with Gasteiger partial charge < -0.3 is 26.2 Å². The van der Waals surface area contributed by atoms with Crippen molar-refractivity contribution in [2.24, 2.45) is 11.7 Å². The molecule has 0 bridgehead atoms. The molecule has 5 N–H and O–H groups in total. The smallest absolute Gasteiger partial charge is 0.254 e. The van der Waals surface area contributed by atoms with E-state index in [2.05, 4.69) is 27.5 Å². The van der Waals surface area contributed by atoms with Gasteiger partial charge in [-0.3, -0.25) is 4.79 Å². The van der Waals surface area contributed by atoms with Crippen molar-refractivity contribution in [3.8, 4) is 0 Å². The number of aliphatic hydroxyl groups is 1. The molecule has 2 aliphatic carbocycles. The van der Waals surface area contributed by atoms with Gasteiger partial charge in [0.25, 0.3) is 5.91 Å². The zero-order chi connectivity index (χ0) is 19.4. The minimum Gasteiger partial charge on any atom is -0.393 e. The van der Waals surface area contributed by atoms with Gasteiger partial charge in [-0.15, -0.1) is 0 Å². The fourth-order valence-electron chi connectivity index (χ4n) is 3.99.